The van der Waals surface area contributed by atoms with Gasteiger partial charge in [-0.25, -0.2) is 4.79 Å². The number of hydrogen-bond acceptors (Lipinski definition) is 2. The van der Waals surface area contributed by atoms with Crippen LogP contribution < -0.4 is 0 Å². The van der Waals surface area contributed by atoms with Crippen molar-refractivity contribution >= 4 is 28.6 Å². The van der Waals surface area contributed by atoms with Gasteiger partial charge >= 0.3 is 5.43 Å². The third kappa shape index (κ3) is 12.3. The van der Waals surface area contributed by atoms with Crippen molar-refractivity contribution < 1.29 is 9.53 Å². The Morgan fingerprint density at radius 1 is 1.06 bits per heavy atom. The fourth-order valence-corrected chi connectivity index (χ4v) is 2.15. The number of unbranched alkanes of at least 4 members (excludes halogenated alkanes) is 7. The molecule has 0 aromatic rings. The molecule has 0 saturated heterocycles. The Bertz CT molecular complexity index is 186. The van der Waals surface area contributed by atoms with Crippen molar-refractivity contribution in [3.63, 3.8) is 0 Å². The third-order valence-electron chi connectivity index (χ3n) is 2.81. The minimum Gasteiger partial charge on any atom is -0.449 e. The first-order valence-corrected chi connectivity index (χ1v) is 7.54. The average molecular weight is 283 g/mol. The Morgan fingerprint density at radius 2 is 1.59 bits per heavy atom. The van der Waals surface area contributed by atoms with E-state index in [4.69, 9.17) is 27.9 Å². The Kier molecular flexibility index (Phi) is 12.5. The third-order valence-corrected chi connectivity index (χ3v) is 3.24. The van der Waals surface area contributed by atoms with Gasteiger partial charge in [-0.1, -0.05) is 51.9 Å². The van der Waals surface area contributed by atoms with Crippen molar-refractivity contribution in [2.45, 2.75) is 70.8 Å². The molecule has 0 heterocycles. The quantitative estimate of drug-likeness (QED) is 0.284. The van der Waals surface area contributed by atoms with Gasteiger partial charge in [-0.05, 0) is 12.8 Å². The van der Waals surface area contributed by atoms with Gasteiger partial charge in [-0.3, -0.25) is 0 Å². The van der Waals surface area contributed by atoms with Crippen molar-refractivity contribution in [1.29, 1.82) is 0 Å². The van der Waals surface area contributed by atoms with Gasteiger partial charge < -0.3 is 4.74 Å². The van der Waals surface area contributed by atoms with Crippen LogP contribution in [-0.2, 0) is 4.74 Å². The summed E-state index contributed by atoms with van der Waals surface area (Å²) in [6.07, 6.45) is 10.7. The number of rotatable bonds is 11. The van der Waals surface area contributed by atoms with Crippen LogP contribution in [0.4, 0.5) is 4.79 Å². The SMILES string of the molecule is CCCCCCCCCCC(CCl)OC(=O)Cl. The van der Waals surface area contributed by atoms with Gasteiger partial charge in [0.2, 0.25) is 0 Å². The lowest BCUT2D eigenvalue weighted by molar-refractivity contribution is 0.126. The first-order valence-electron chi connectivity index (χ1n) is 6.62. The zero-order valence-corrected chi connectivity index (χ0v) is 12.2. The molecule has 0 aromatic carbocycles. The van der Waals surface area contributed by atoms with Gasteiger partial charge in [0.1, 0.15) is 6.10 Å². The minimum atomic E-state index is -0.754. The molecule has 0 N–H and O–H groups in total. The fraction of sp³-hybridized carbons (Fsp3) is 0.923. The summed E-state index contributed by atoms with van der Waals surface area (Å²) in [5.74, 6) is 0.328. The molecular formula is C13H24Cl2O2. The molecule has 0 spiro atoms. The van der Waals surface area contributed by atoms with Crippen molar-refractivity contribution in [1.82, 2.24) is 0 Å². The summed E-state index contributed by atoms with van der Waals surface area (Å²) < 4.78 is 4.85. The maximum absolute atomic E-state index is 10.5. The maximum Gasteiger partial charge on any atom is 0.404 e. The normalized spacial score (nSPS) is 12.4. The molecule has 0 fully saturated rings. The number of hydrogen-bond donors (Lipinski definition) is 0. The smallest absolute Gasteiger partial charge is 0.404 e. The zero-order valence-electron chi connectivity index (χ0n) is 10.7. The molecule has 0 rings (SSSR count). The van der Waals surface area contributed by atoms with Crippen LogP contribution in [0.3, 0.4) is 0 Å². The Labute approximate surface area is 115 Å². The van der Waals surface area contributed by atoms with E-state index in [0.717, 1.165) is 12.8 Å². The molecule has 102 valence electrons. The van der Waals surface area contributed by atoms with E-state index in [9.17, 15) is 4.79 Å². The molecule has 0 bridgehead atoms. The summed E-state index contributed by atoms with van der Waals surface area (Å²) in [7, 11) is 0. The number of carbonyl (C=O) groups is 1. The molecule has 0 saturated carbocycles. The van der Waals surface area contributed by atoms with Crippen molar-refractivity contribution in [2.75, 3.05) is 5.88 Å². The molecule has 0 aliphatic heterocycles. The van der Waals surface area contributed by atoms with Gasteiger partial charge in [0, 0.05) is 11.6 Å². The highest BCUT2D eigenvalue weighted by molar-refractivity contribution is 6.61. The summed E-state index contributed by atoms with van der Waals surface area (Å²) in [4.78, 5) is 10.5. The van der Waals surface area contributed by atoms with E-state index in [1.54, 1.807) is 0 Å². The molecule has 0 aliphatic carbocycles. The van der Waals surface area contributed by atoms with Crippen molar-refractivity contribution in [3.8, 4) is 0 Å². The van der Waals surface area contributed by atoms with Gasteiger partial charge in [0.15, 0.2) is 0 Å². The summed E-state index contributed by atoms with van der Waals surface area (Å²) in [6.45, 7) is 2.23. The molecule has 1 atom stereocenters. The first-order chi connectivity index (χ1) is 8.20. The highest BCUT2D eigenvalue weighted by Gasteiger charge is 2.10. The lowest BCUT2D eigenvalue weighted by Gasteiger charge is -2.12. The molecule has 0 amide bonds. The molecule has 2 nitrogen and oxygen atoms in total. The molecule has 4 heteroatoms. The van der Waals surface area contributed by atoms with E-state index in [0.29, 0.717) is 5.88 Å². The Morgan fingerprint density at radius 3 is 2.06 bits per heavy atom. The van der Waals surface area contributed by atoms with Crippen molar-refractivity contribution in [2.24, 2.45) is 0 Å². The number of halogens is 2. The standard InChI is InChI=1S/C13H24Cl2O2/c1-2-3-4-5-6-7-8-9-10-12(11-14)17-13(15)16/h12H,2-11H2,1H3. The topological polar surface area (TPSA) is 26.3 Å². The Balaban J connectivity index is 3.28. The summed E-state index contributed by atoms with van der Waals surface area (Å²) in [5, 5.41) is 0. The van der Waals surface area contributed by atoms with Crippen LogP contribution in [0.15, 0.2) is 0 Å². The van der Waals surface area contributed by atoms with Gasteiger partial charge in [-0.15, -0.1) is 11.6 Å². The predicted molar refractivity (Wildman–Crippen MR) is 74.1 cm³/mol. The van der Waals surface area contributed by atoms with E-state index in [1.165, 1.54) is 44.9 Å². The van der Waals surface area contributed by atoms with Crippen LogP contribution in [-0.4, -0.2) is 17.4 Å². The lowest BCUT2D eigenvalue weighted by Crippen LogP contribution is -2.16. The van der Waals surface area contributed by atoms with E-state index in [-0.39, 0.29) is 6.10 Å². The number of alkyl halides is 1. The van der Waals surface area contributed by atoms with Gasteiger partial charge in [0.25, 0.3) is 0 Å². The lowest BCUT2D eigenvalue weighted by atomic mass is 10.1. The van der Waals surface area contributed by atoms with Crippen LogP contribution in [0, 0.1) is 0 Å². The van der Waals surface area contributed by atoms with Crippen LogP contribution in [0.1, 0.15) is 64.7 Å². The number of ether oxygens (including phenoxy) is 1. The van der Waals surface area contributed by atoms with Crippen LogP contribution in [0.2, 0.25) is 0 Å². The molecule has 0 aliphatic rings. The second kappa shape index (κ2) is 12.5. The number of carbonyl (C=O) groups excluding carboxylic acids is 1. The molecule has 17 heavy (non-hydrogen) atoms. The zero-order chi connectivity index (χ0) is 12.9. The van der Waals surface area contributed by atoms with E-state index < -0.39 is 5.43 Å². The minimum absolute atomic E-state index is 0.221. The summed E-state index contributed by atoms with van der Waals surface area (Å²) in [5.41, 5.74) is -0.754. The highest BCUT2D eigenvalue weighted by Crippen LogP contribution is 2.13. The van der Waals surface area contributed by atoms with Gasteiger partial charge in [-0.2, -0.15) is 0 Å². The summed E-state index contributed by atoms with van der Waals surface area (Å²) in [6, 6.07) is 0. The van der Waals surface area contributed by atoms with E-state index in [2.05, 4.69) is 6.92 Å². The average Bonchev–Trinajstić information content (AvgIpc) is 2.30. The molecular weight excluding hydrogens is 259 g/mol. The van der Waals surface area contributed by atoms with Gasteiger partial charge in [0.05, 0.1) is 5.88 Å². The molecule has 1 unspecified atom stereocenters. The fourth-order valence-electron chi connectivity index (χ4n) is 1.80. The predicted octanol–water partition coefficient (Wildman–Crippen LogP) is 5.50. The monoisotopic (exact) mass is 282 g/mol. The van der Waals surface area contributed by atoms with Crippen LogP contribution in [0.25, 0.3) is 0 Å². The maximum atomic E-state index is 10.5. The molecule has 0 radical (unpaired) electrons. The highest BCUT2D eigenvalue weighted by atomic mass is 35.5. The summed E-state index contributed by atoms with van der Waals surface area (Å²) >= 11 is 10.8. The second-order valence-electron chi connectivity index (χ2n) is 4.40. The Hall–Kier alpha value is 0.0500. The largest absolute Gasteiger partial charge is 0.449 e. The van der Waals surface area contributed by atoms with Crippen molar-refractivity contribution in [3.05, 3.63) is 0 Å². The van der Waals surface area contributed by atoms with E-state index in [1.807, 2.05) is 0 Å². The molecule has 0 aromatic heterocycles. The second-order valence-corrected chi connectivity index (χ2v) is 5.01. The van der Waals surface area contributed by atoms with E-state index >= 15 is 0 Å². The van der Waals surface area contributed by atoms with Crippen LogP contribution >= 0.6 is 23.2 Å². The first kappa shape index (κ1) is 17.1. The van der Waals surface area contributed by atoms with Crippen LogP contribution in [0.5, 0.6) is 0 Å².